The van der Waals surface area contributed by atoms with E-state index in [1.54, 1.807) is 21.8 Å². The summed E-state index contributed by atoms with van der Waals surface area (Å²) in [6.45, 7) is 1.77. The van der Waals surface area contributed by atoms with E-state index in [0.29, 0.717) is 30.3 Å². The molecule has 0 saturated carbocycles. The first kappa shape index (κ1) is 21.2. The third-order valence-electron chi connectivity index (χ3n) is 5.11. The average Bonchev–Trinajstić information content (AvgIpc) is 3.40. The molecule has 2 N–H and O–H groups in total. The normalized spacial score (nSPS) is 23.4. The summed E-state index contributed by atoms with van der Waals surface area (Å²) in [4.78, 5) is 23.8. The zero-order valence-electron chi connectivity index (χ0n) is 15.8. The van der Waals surface area contributed by atoms with Gasteiger partial charge in [0.15, 0.2) is 0 Å². The SMILES string of the molecule is O=C(NCC[C@H]1CCCCN1S(=O)(=O)c1cccs1)C(=O)NC[C@@H]1CCCO1. The molecule has 0 bridgehead atoms. The monoisotopic (exact) mass is 429 g/mol. The minimum atomic E-state index is -3.51. The lowest BCUT2D eigenvalue weighted by Crippen LogP contribution is -2.46. The molecule has 1 aromatic heterocycles. The van der Waals surface area contributed by atoms with Crippen molar-refractivity contribution in [2.24, 2.45) is 0 Å². The fraction of sp³-hybridized carbons (Fsp3) is 0.667. The molecule has 28 heavy (non-hydrogen) atoms. The van der Waals surface area contributed by atoms with E-state index in [1.807, 2.05) is 0 Å². The molecular formula is C18H27N3O5S2. The lowest BCUT2D eigenvalue weighted by atomic mass is 10.0. The van der Waals surface area contributed by atoms with E-state index in [1.165, 1.54) is 11.3 Å². The number of rotatable bonds is 7. The Kier molecular flexibility index (Phi) is 7.44. The molecule has 10 heteroatoms. The van der Waals surface area contributed by atoms with Gasteiger partial charge in [0.25, 0.3) is 10.0 Å². The highest BCUT2D eigenvalue weighted by atomic mass is 32.2. The molecule has 0 spiro atoms. The standard InChI is InChI=1S/C18H27N3O5S2/c22-17(18(23)20-13-15-6-3-11-26-15)19-9-8-14-5-1-2-10-21(14)28(24,25)16-7-4-12-27-16/h4,7,12,14-15H,1-3,5-6,8-11,13H2,(H,19,22)(H,20,23)/t14-,15+/m1/s1. The predicted octanol–water partition coefficient (Wildman–Crippen LogP) is 1.09. The molecule has 2 aliphatic heterocycles. The Hall–Kier alpha value is -1.49. The first-order valence-electron chi connectivity index (χ1n) is 9.71. The number of carbonyl (C=O) groups is 2. The van der Waals surface area contributed by atoms with Crippen LogP contribution in [-0.4, -0.2) is 62.9 Å². The van der Waals surface area contributed by atoms with Gasteiger partial charge in [-0.25, -0.2) is 8.42 Å². The smallest absolute Gasteiger partial charge is 0.309 e. The van der Waals surface area contributed by atoms with Crippen molar-refractivity contribution in [1.29, 1.82) is 0 Å². The van der Waals surface area contributed by atoms with Gasteiger partial charge in [-0.1, -0.05) is 12.5 Å². The minimum absolute atomic E-state index is 0.0185. The summed E-state index contributed by atoms with van der Waals surface area (Å²) in [5.41, 5.74) is 0. The zero-order valence-corrected chi connectivity index (χ0v) is 17.4. The van der Waals surface area contributed by atoms with E-state index >= 15 is 0 Å². The van der Waals surface area contributed by atoms with Gasteiger partial charge >= 0.3 is 11.8 Å². The summed E-state index contributed by atoms with van der Waals surface area (Å²) in [6.07, 6.45) is 4.86. The van der Waals surface area contributed by atoms with Crippen molar-refractivity contribution in [3.63, 3.8) is 0 Å². The number of hydrogen-bond donors (Lipinski definition) is 2. The van der Waals surface area contributed by atoms with Gasteiger partial charge in [0.1, 0.15) is 4.21 Å². The molecular weight excluding hydrogens is 402 g/mol. The number of nitrogens with one attached hydrogen (secondary N) is 2. The first-order chi connectivity index (χ1) is 13.5. The number of ether oxygens (including phenoxy) is 1. The maximum Gasteiger partial charge on any atom is 0.309 e. The Morgan fingerprint density at radius 1 is 1.18 bits per heavy atom. The number of piperidine rings is 1. The van der Waals surface area contributed by atoms with Gasteiger partial charge in [0.05, 0.1) is 6.10 Å². The van der Waals surface area contributed by atoms with E-state index in [9.17, 15) is 18.0 Å². The zero-order chi connectivity index (χ0) is 20.0. The average molecular weight is 430 g/mol. The van der Waals surface area contributed by atoms with Crippen LogP contribution >= 0.6 is 11.3 Å². The summed E-state index contributed by atoms with van der Waals surface area (Å²) in [5.74, 6) is -1.37. The number of amides is 2. The molecule has 3 rings (SSSR count). The van der Waals surface area contributed by atoms with Crippen molar-refractivity contribution in [2.75, 3.05) is 26.2 Å². The highest BCUT2D eigenvalue weighted by Crippen LogP contribution is 2.29. The van der Waals surface area contributed by atoms with Crippen molar-refractivity contribution in [1.82, 2.24) is 14.9 Å². The molecule has 2 aliphatic rings. The van der Waals surface area contributed by atoms with E-state index in [-0.39, 0.29) is 18.7 Å². The van der Waals surface area contributed by atoms with Crippen molar-refractivity contribution in [3.8, 4) is 0 Å². The number of sulfonamides is 1. The quantitative estimate of drug-likeness (QED) is 0.632. The van der Waals surface area contributed by atoms with Crippen LogP contribution in [-0.2, 0) is 24.3 Å². The summed E-state index contributed by atoms with van der Waals surface area (Å²) >= 11 is 1.21. The van der Waals surface area contributed by atoms with Crippen LogP contribution in [0.5, 0.6) is 0 Å². The van der Waals surface area contributed by atoms with Gasteiger partial charge < -0.3 is 15.4 Å². The fourth-order valence-corrected chi connectivity index (χ4v) is 6.47. The number of carbonyl (C=O) groups excluding carboxylic acids is 2. The Morgan fingerprint density at radius 3 is 2.71 bits per heavy atom. The Labute approximate surface area is 169 Å². The molecule has 3 heterocycles. The van der Waals surface area contributed by atoms with Crippen LogP contribution in [0.2, 0.25) is 0 Å². The van der Waals surface area contributed by atoms with Crippen LogP contribution < -0.4 is 10.6 Å². The minimum Gasteiger partial charge on any atom is -0.376 e. The van der Waals surface area contributed by atoms with Crippen LogP contribution in [0.4, 0.5) is 0 Å². The highest BCUT2D eigenvalue weighted by molar-refractivity contribution is 7.91. The van der Waals surface area contributed by atoms with Gasteiger partial charge in [-0.3, -0.25) is 9.59 Å². The van der Waals surface area contributed by atoms with Crippen LogP contribution in [0.25, 0.3) is 0 Å². The van der Waals surface area contributed by atoms with Gasteiger partial charge in [-0.15, -0.1) is 11.3 Å². The maximum absolute atomic E-state index is 12.8. The number of nitrogens with zero attached hydrogens (tertiary/aromatic N) is 1. The van der Waals surface area contributed by atoms with Crippen molar-refractivity contribution < 1.29 is 22.7 Å². The molecule has 0 unspecified atom stereocenters. The van der Waals surface area contributed by atoms with E-state index in [0.717, 1.165) is 32.1 Å². The molecule has 2 saturated heterocycles. The predicted molar refractivity (Wildman–Crippen MR) is 105 cm³/mol. The molecule has 2 amide bonds. The van der Waals surface area contributed by atoms with Crippen LogP contribution in [0.15, 0.2) is 21.7 Å². The fourth-order valence-electron chi connectivity index (χ4n) is 3.63. The molecule has 0 radical (unpaired) electrons. The summed E-state index contributed by atoms with van der Waals surface area (Å²) < 4.78 is 33.0. The van der Waals surface area contributed by atoms with E-state index in [2.05, 4.69) is 10.6 Å². The van der Waals surface area contributed by atoms with Crippen molar-refractivity contribution in [3.05, 3.63) is 17.5 Å². The van der Waals surface area contributed by atoms with Crippen LogP contribution in [0.1, 0.15) is 38.5 Å². The Morgan fingerprint density at radius 2 is 2.00 bits per heavy atom. The van der Waals surface area contributed by atoms with E-state index < -0.39 is 21.8 Å². The molecule has 1 aromatic rings. The lowest BCUT2D eigenvalue weighted by Gasteiger charge is -2.34. The van der Waals surface area contributed by atoms with Gasteiger partial charge in [-0.05, 0) is 43.6 Å². The third-order valence-corrected chi connectivity index (χ3v) is 8.44. The molecule has 2 atom stereocenters. The second kappa shape index (κ2) is 9.82. The second-order valence-electron chi connectivity index (χ2n) is 7.09. The highest BCUT2D eigenvalue weighted by Gasteiger charge is 2.33. The molecule has 156 valence electrons. The lowest BCUT2D eigenvalue weighted by molar-refractivity contribution is -0.139. The van der Waals surface area contributed by atoms with Gasteiger partial charge in [0.2, 0.25) is 0 Å². The Bertz CT molecular complexity index is 760. The van der Waals surface area contributed by atoms with Gasteiger partial charge in [-0.2, -0.15) is 4.31 Å². The van der Waals surface area contributed by atoms with Crippen LogP contribution in [0, 0.1) is 0 Å². The van der Waals surface area contributed by atoms with Crippen molar-refractivity contribution in [2.45, 2.75) is 54.9 Å². The van der Waals surface area contributed by atoms with Crippen molar-refractivity contribution >= 4 is 33.2 Å². The summed E-state index contributed by atoms with van der Waals surface area (Å²) in [6, 6.07) is 3.17. The summed E-state index contributed by atoms with van der Waals surface area (Å²) in [5, 5.41) is 6.94. The first-order valence-corrected chi connectivity index (χ1v) is 12.0. The second-order valence-corrected chi connectivity index (χ2v) is 10.2. The van der Waals surface area contributed by atoms with E-state index in [4.69, 9.17) is 4.74 Å². The number of hydrogen-bond acceptors (Lipinski definition) is 6. The molecule has 0 aliphatic carbocycles. The van der Waals surface area contributed by atoms with Crippen LogP contribution in [0.3, 0.4) is 0 Å². The topological polar surface area (TPSA) is 105 Å². The summed E-state index contributed by atoms with van der Waals surface area (Å²) in [7, 11) is -3.51. The maximum atomic E-state index is 12.8. The third kappa shape index (κ3) is 5.31. The molecule has 8 nitrogen and oxygen atoms in total. The largest absolute Gasteiger partial charge is 0.376 e. The number of thiophene rings is 1. The Balaban J connectivity index is 1.47. The molecule has 2 fully saturated rings. The van der Waals surface area contributed by atoms with Gasteiger partial charge in [0, 0.05) is 32.3 Å². The molecule has 0 aromatic carbocycles.